The Kier molecular flexibility index (Phi) is 2.55. The summed E-state index contributed by atoms with van der Waals surface area (Å²) in [5.74, 6) is -0.147. The Bertz CT molecular complexity index is 427. The van der Waals surface area contributed by atoms with Crippen molar-refractivity contribution in [3.63, 3.8) is 0 Å². The fourth-order valence-corrected chi connectivity index (χ4v) is 1.64. The fraction of sp³-hybridized carbons (Fsp3) is 0.455. The zero-order chi connectivity index (χ0) is 11.8. The van der Waals surface area contributed by atoms with Gasteiger partial charge in [0, 0.05) is 0 Å². The lowest BCUT2D eigenvalue weighted by Gasteiger charge is -2.36. The van der Waals surface area contributed by atoms with Crippen LogP contribution in [0.1, 0.15) is 16.3 Å². The van der Waals surface area contributed by atoms with Crippen LogP contribution >= 0.6 is 0 Å². The van der Waals surface area contributed by atoms with E-state index in [9.17, 15) is 9.59 Å². The first-order valence-electron chi connectivity index (χ1n) is 4.87. The standard InChI is InChI=1S/C11H12O5/c1-7-3-4-8(16-7)9(12)11(5-15-6-11)10(13)14-2/h3-4H,5-6H2,1-2H3. The van der Waals surface area contributed by atoms with Gasteiger partial charge in [0.15, 0.2) is 11.2 Å². The number of hydrogen-bond acceptors (Lipinski definition) is 5. The highest BCUT2D eigenvalue weighted by Crippen LogP contribution is 2.33. The number of rotatable bonds is 3. The van der Waals surface area contributed by atoms with Gasteiger partial charge in [-0.2, -0.15) is 0 Å². The number of ketones is 1. The molecule has 1 fully saturated rings. The van der Waals surface area contributed by atoms with Gasteiger partial charge in [-0.3, -0.25) is 9.59 Å². The summed E-state index contributed by atoms with van der Waals surface area (Å²) in [6.45, 7) is 1.84. The van der Waals surface area contributed by atoms with E-state index in [1.165, 1.54) is 7.11 Å². The maximum absolute atomic E-state index is 12.1. The highest BCUT2D eigenvalue weighted by molar-refractivity contribution is 6.12. The molecule has 0 spiro atoms. The van der Waals surface area contributed by atoms with Crippen LogP contribution in [-0.4, -0.2) is 32.1 Å². The van der Waals surface area contributed by atoms with Crippen LogP contribution in [-0.2, 0) is 14.3 Å². The summed E-state index contributed by atoms with van der Waals surface area (Å²) < 4.78 is 14.8. The predicted octanol–water partition coefficient (Wildman–Crippen LogP) is 0.960. The average Bonchev–Trinajstić information content (AvgIpc) is 2.62. The van der Waals surface area contributed by atoms with Gasteiger partial charge in [-0.05, 0) is 19.1 Å². The third kappa shape index (κ3) is 1.44. The number of methoxy groups -OCH3 is 1. The summed E-state index contributed by atoms with van der Waals surface area (Å²) >= 11 is 0. The largest absolute Gasteiger partial charge is 0.468 e. The van der Waals surface area contributed by atoms with E-state index in [0.717, 1.165) is 0 Å². The topological polar surface area (TPSA) is 65.7 Å². The molecule has 0 atom stereocenters. The molecule has 1 aliphatic heterocycles. The van der Waals surface area contributed by atoms with Crippen molar-refractivity contribution in [1.82, 2.24) is 0 Å². The van der Waals surface area contributed by atoms with Crippen LogP contribution in [0.3, 0.4) is 0 Å². The van der Waals surface area contributed by atoms with Crippen molar-refractivity contribution < 1.29 is 23.5 Å². The van der Waals surface area contributed by atoms with E-state index >= 15 is 0 Å². The van der Waals surface area contributed by atoms with Crippen LogP contribution in [0.25, 0.3) is 0 Å². The van der Waals surface area contributed by atoms with Crippen LogP contribution in [0.4, 0.5) is 0 Å². The van der Waals surface area contributed by atoms with Crippen LogP contribution in [0.2, 0.25) is 0 Å². The summed E-state index contributed by atoms with van der Waals surface area (Å²) in [6.07, 6.45) is 0. The first kappa shape index (κ1) is 10.9. The third-order valence-electron chi connectivity index (χ3n) is 2.67. The van der Waals surface area contributed by atoms with E-state index in [2.05, 4.69) is 4.74 Å². The maximum Gasteiger partial charge on any atom is 0.324 e. The molecule has 5 nitrogen and oxygen atoms in total. The molecule has 1 aromatic heterocycles. The highest BCUT2D eigenvalue weighted by atomic mass is 16.5. The fourth-order valence-electron chi connectivity index (χ4n) is 1.64. The number of furan rings is 1. The molecule has 1 aliphatic rings. The zero-order valence-electron chi connectivity index (χ0n) is 9.11. The smallest absolute Gasteiger partial charge is 0.324 e. The van der Waals surface area contributed by atoms with Crippen molar-refractivity contribution >= 4 is 11.8 Å². The predicted molar refractivity (Wildman–Crippen MR) is 53.0 cm³/mol. The summed E-state index contributed by atoms with van der Waals surface area (Å²) in [5, 5.41) is 0. The molecule has 0 saturated carbocycles. The number of aryl methyl sites for hydroxylation is 1. The van der Waals surface area contributed by atoms with Crippen LogP contribution in [0.5, 0.6) is 0 Å². The average molecular weight is 224 g/mol. The molecule has 0 bridgehead atoms. The van der Waals surface area contributed by atoms with Crippen molar-refractivity contribution in [2.75, 3.05) is 20.3 Å². The molecule has 0 aliphatic carbocycles. The van der Waals surface area contributed by atoms with Crippen molar-refractivity contribution in [1.29, 1.82) is 0 Å². The van der Waals surface area contributed by atoms with Gasteiger partial charge in [-0.1, -0.05) is 0 Å². The summed E-state index contributed by atoms with van der Waals surface area (Å²) in [7, 11) is 1.25. The maximum atomic E-state index is 12.1. The molecule has 0 N–H and O–H groups in total. The lowest BCUT2D eigenvalue weighted by Crippen LogP contribution is -2.55. The SMILES string of the molecule is COC(=O)C1(C(=O)c2ccc(C)o2)COC1. The van der Waals surface area contributed by atoms with Crippen LogP contribution < -0.4 is 0 Å². The number of carbonyl (C=O) groups is 2. The Balaban J connectivity index is 2.29. The normalized spacial score (nSPS) is 17.6. The van der Waals surface area contributed by atoms with E-state index in [-0.39, 0.29) is 24.8 Å². The van der Waals surface area contributed by atoms with Gasteiger partial charge >= 0.3 is 5.97 Å². The minimum absolute atomic E-state index is 0.0538. The molecular weight excluding hydrogens is 212 g/mol. The van der Waals surface area contributed by atoms with Crippen molar-refractivity contribution in [2.24, 2.45) is 5.41 Å². The Labute approximate surface area is 92.3 Å². The molecule has 1 aromatic rings. The van der Waals surface area contributed by atoms with Gasteiger partial charge in [0.1, 0.15) is 5.76 Å². The lowest BCUT2D eigenvalue weighted by atomic mass is 9.80. The minimum atomic E-state index is -1.21. The third-order valence-corrected chi connectivity index (χ3v) is 2.67. The second kappa shape index (κ2) is 3.75. The monoisotopic (exact) mass is 224 g/mol. The molecule has 16 heavy (non-hydrogen) atoms. The first-order chi connectivity index (χ1) is 7.60. The second-order valence-electron chi connectivity index (χ2n) is 3.81. The minimum Gasteiger partial charge on any atom is -0.468 e. The zero-order valence-corrected chi connectivity index (χ0v) is 9.11. The van der Waals surface area contributed by atoms with Crippen LogP contribution in [0.15, 0.2) is 16.5 Å². The summed E-state index contributed by atoms with van der Waals surface area (Å²) in [6, 6.07) is 3.23. The Morgan fingerprint density at radius 3 is 2.44 bits per heavy atom. The first-order valence-corrected chi connectivity index (χ1v) is 4.87. The quantitative estimate of drug-likeness (QED) is 0.434. The molecule has 0 aromatic carbocycles. The molecule has 5 heteroatoms. The number of Topliss-reactive ketones (excluding diaryl/α,β-unsaturated/α-hetero) is 1. The summed E-state index contributed by atoms with van der Waals surface area (Å²) in [4.78, 5) is 23.7. The van der Waals surface area contributed by atoms with Gasteiger partial charge in [0.2, 0.25) is 5.78 Å². The van der Waals surface area contributed by atoms with Gasteiger partial charge in [-0.15, -0.1) is 0 Å². The van der Waals surface area contributed by atoms with Crippen LogP contribution in [0, 0.1) is 12.3 Å². The second-order valence-corrected chi connectivity index (χ2v) is 3.81. The van der Waals surface area contributed by atoms with Crippen molar-refractivity contribution in [3.8, 4) is 0 Å². The van der Waals surface area contributed by atoms with Gasteiger partial charge in [0.05, 0.1) is 20.3 Å². The van der Waals surface area contributed by atoms with Gasteiger partial charge in [-0.25, -0.2) is 0 Å². The number of carbonyl (C=O) groups excluding carboxylic acids is 2. The molecule has 2 rings (SSSR count). The Morgan fingerprint density at radius 1 is 1.38 bits per heavy atom. The van der Waals surface area contributed by atoms with E-state index in [1.54, 1.807) is 19.1 Å². The Hall–Kier alpha value is -1.62. The lowest BCUT2D eigenvalue weighted by molar-refractivity contribution is -0.172. The molecule has 86 valence electrons. The molecular formula is C11H12O5. The van der Waals surface area contributed by atoms with E-state index < -0.39 is 11.4 Å². The van der Waals surface area contributed by atoms with Gasteiger partial charge < -0.3 is 13.9 Å². The van der Waals surface area contributed by atoms with Crippen molar-refractivity contribution in [3.05, 3.63) is 23.7 Å². The summed E-state index contributed by atoms with van der Waals surface area (Å²) in [5.41, 5.74) is -1.21. The molecule has 2 heterocycles. The number of esters is 1. The number of hydrogen-bond donors (Lipinski definition) is 0. The van der Waals surface area contributed by atoms with E-state index in [1.807, 2.05) is 0 Å². The molecule has 1 saturated heterocycles. The molecule has 0 amide bonds. The Morgan fingerprint density at radius 2 is 2.06 bits per heavy atom. The van der Waals surface area contributed by atoms with E-state index in [0.29, 0.717) is 5.76 Å². The number of ether oxygens (including phenoxy) is 2. The molecule has 0 radical (unpaired) electrons. The van der Waals surface area contributed by atoms with E-state index in [4.69, 9.17) is 9.15 Å². The molecule has 0 unspecified atom stereocenters. The van der Waals surface area contributed by atoms with Gasteiger partial charge in [0.25, 0.3) is 0 Å². The highest BCUT2D eigenvalue weighted by Gasteiger charge is 2.55. The van der Waals surface area contributed by atoms with Crippen molar-refractivity contribution in [2.45, 2.75) is 6.92 Å².